The van der Waals surface area contributed by atoms with Gasteiger partial charge in [0.05, 0.1) is 17.1 Å². The number of nitrogens with two attached hydrogens (primary N) is 3. The number of carbonyl (C=O) groups is 1. The number of piperidine rings is 1. The molecule has 9 heteroatoms. The summed E-state index contributed by atoms with van der Waals surface area (Å²) in [5, 5.41) is 0. The number of nitrogen functional groups attached to an aromatic ring is 2. The Balaban J connectivity index is 1.21. The number of nitrogens with zero attached hydrogens (tertiary/aromatic N) is 5. The molecule has 2 aromatic heterocycles. The Morgan fingerprint density at radius 2 is 1.80 bits per heavy atom. The molecule has 0 saturated carbocycles. The van der Waals surface area contributed by atoms with Crippen LogP contribution in [0.3, 0.4) is 0 Å². The Morgan fingerprint density at radius 3 is 2.57 bits per heavy atom. The first kappa shape index (κ1) is 21.8. The topological polar surface area (TPSA) is 140 Å². The number of benzene rings is 1. The van der Waals surface area contributed by atoms with Crippen LogP contribution in [0.25, 0.3) is 0 Å². The fourth-order valence-corrected chi connectivity index (χ4v) is 6.07. The zero-order valence-electron chi connectivity index (χ0n) is 19.9. The summed E-state index contributed by atoms with van der Waals surface area (Å²) in [6.07, 6.45) is 3.63. The number of pyridine rings is 1. The van der Waals surface area contributed by atoms with E-state index < -0.39 is 0 Å². The van der Waals surface area contributed by atoms with Gasteiger partial charge in [-0.15, -0.1) is 0 Å². The average molecular weight is 471 g/mol. The van der Waals surface area contributed by atoms with Gasteiger partial charge in [-0.3, -0.25) is 4.79 Å². The monoisotopic (exact) mass is 470 g/mol. The van der Waals surface area contributed by atoms with E-state index in [9.17, 15) is 4.79 Å². The molecule has 1 amide bonds. The van der Waals surface area contributed by atoms with Crippen LogP contribution in [0.2, 0.25) is 0 Å². The molecule has 0 unspecified atom stereocenters. The Kier molecular flexibility index (Phi) is 4.93. The predicted molar refractivity (Wildman–Crippen MR) is 136 cm³/mol. The third-order valence-corrected chi connectivity index (χ3v) is 8.01. The van der Waals surface area contributed by atoms with Gasteiger partial charge in [-0.2, -0.15) is 0 Å². The van der Waals surface area contributed by atoms with Crippen molar-refractivity contribution in [1.82, 2.24) is 15.0 Å². The van der Waals surface area contributed by atoms with Crippen molar-refractivity contribution in [3.05, 3.63) is 64.6 Å². The molecule has 0 radical (unpaired) electrons. The number of aromatic nitrogens is 3. The number of rotatable bonds is 2. The minimum atomic E-state index is -0.262. The van der Waals surface area contributed by atoms with Gasteiger partial charge >= 0.3 is 0 Å². The molecule has 0 bridgehead atoms. The van der Waals surface area contributed by atoms with Crippen molar-refractivity contribution >= 4 is 29.0 Å². The maximum Gasteiger partial charge on any atom is 0.280 e. The summed E-state index contributed by atoms with van der Waals surface area (Å²) in [6.45, 7) is 4.07. The third-order valence-electron chi connectivity index (χ3n) is 8.01. The van der Waals surface area contributed by atoms with Crippen LogP contribution in [-0.2, 0) is 12.8 Å². The smallest absolute Gasteiger partial charge is 0.280 e. The molecule has 4 heterocycles. The molecule has 1 aromatic carbocycles. The van der Waals surface area contributed by atoms with E-state index in [0.717, 1.165) is 49.6 Å². The summed E-state index contributed by atoms with van der Waals surface area (Å²) < 4.78 is 0. The molecule has 3 aromatic rings. The van der Waals surface area contributed by atoms with Gasteiger partial charge in [-0.05, 0) is 54.9 Å². The van der Waals surface area contributed by atoms with Crippen LogP contribution in [0.4, 0.5) is 23.1 Å². The molecule has 180 valence electrons. The van der Waals surface area contributed by atoms with Gasteiger partial charge in [0, 0.05) is 32.1 Å². The SMILES string of the molecule is Cc1nc(C(=O)N2CCc3nc(N)ccc32)c(N)nc1N1CCC2(CC1)Cc1ccccc1[C@H]2N. The highest BCUT2D eigenvalue weighted by Crippen LogP contribution is 2.51. The number of amides is 1. The van der Waals surface area contributed by atoms with Gasteiger partial charge in [0.2, 0.25) is 0 Å². The molecule has 1 aliphatic carbocycles. The Labute approximate surface area is 204 Å². The van der Waals surface area contributed by atoms with Crippen molar-refractivity contribution in [3.8, 4) is 0 Å². The number of fused-ring (bicyclic) bond motifs is 2. The number of aryl methyl sites for hydroxylation is 1. The van der Waals surface area contributed by atoms with Crippen molar-refractivity contribution in [1.29, 1.82) is 0 Å². The van der Waals surface area contributed by atoms with E-state index in [4.69, 9.17) is 17.2 Å². The van der Waals surface area contributed by atoms with Gasteiger partial charge in [0.25, 0.3) is 5.91 Å². The minimum absolute atomic E-state index is 0.0614. The molecular weight excluding hydrogens is 440 g/mol. The fraction of sp³-hybridized carbons (Fsp3) is 0.385. The van der Waals surface area contributed by atoms with E-state index in [1.54, 1.807) is 11.0 Å². The molecule has 1 saturated heterocycles. The highest BCUT2D eigenvalue weighted by atomic mass is 16.2. The number of carbonyl (C=O) groups excluding carboxylic acids is 1. The molecule has 2 aliphatic heterocycles. The highest BCUT2D eigenvalue weighted by Gasteiger charge is 2.46. The first-order chi connectivity index (χ1) is 16.9. The quantitative estimate of drug-likeness (QED) is 0.519. The predicted octanol–water partition coefficient (Wildman–Crippen LogP) is 2.39. The Bertz CT molecular complexity index is 1330. The molecule has 1 fully saturated rings. The summed E-state index contributed by atoms with van der Waals surface area (Å²) in [6, 6.07) is 12.1. The zero-order valence-corrected chi connectivity index (χ0v) is 19.9. The van der Waals surface area contributed by atoms with E-state index in [-0.39, 0.29) is 28.9 Å². The Morgan fingerprint density at radius 1 is 1.03 bits per heavy atom. The highest BCUT2D eigenvalue weighted by molar-refractivity contribution is 6.08. The molecule has 1 spiro atoms. The summed E-state index contributed by atoms with van der Waals surface area (Å²) >= 11 is 0. The van der Waals surface area contributed by atoms with Gasteiger partial charge in [-0.1, -0.05) is 24.3 Å². The molecule has 35 heavy (non-hydrogen) atoms. The van der Waals surface area contributed by atoms with Crippen LogP contribution >= 0.6 is 0 Å². The van der Waals surface area contributed by atoms with Crippen molar-refractivity contribution in [2.24, 2.45) is 11.1 Å². The largest absolute Gasteiger partial charge is 0.384 e. The van der Waals surface area contributed by atoms with E-state index in [0.29, 0.717) is 24.5 Å². The number of anilines is 4. The van der Waals surface area contributed by atoms with Crippen LogP contribution in [0, 0.1) is 12.3 Å². The lowest BCUT2D eigenvalue weighted by atomic mass is 9.73. The summed E-state index contributed by atoms with van der Waals surface area (Å²) in [5.41, 5.74) is 24.0. The van der Waals surface area contributed by atoms with Gasteiger partial charge < -0.3 is 27.0 Å². The van der Waals surface area contributed by atoms with Crippen molar-refractivity contribution < 1.29 is 4.79 Å². The normalized spacial score (nSPS) is 20.2. The van der Waals surface area contributed by atoms with Gasteiger partial charge in [0.15, 0.2) is 17.3 Å². The van der Waals surface area contributed by atoms with Crippen LogP contribution in [-0.4, -0.2) is 40.5 Å². The second-order valence-corrected chi connectivity index (χ2v) is 9.98. The van der Waals surface area contributed by atoms with Crippen molar-refractivity contribution in [2.45, 2.75) is 38.6 Å². The van der Waals surface area contributed by atoms with Crippen LogP contribution < -0.4 is 27.0 Å². The van der Waals surface area contributed by atoms with Crippen molar-refractivity contribution in [2.75, 3.05) is 40.9 Å². The third kappa shape index (κ3) is 3.41. The lowest BCUT2D eigenvalue weighted by molar-refractivity contribution is 0.0985. The van der Waals surface area contributed by atoms with Crippen LogP contribution in [0.15, 0.2) is 36.4 Å². The summed E-state index contributed by atoms with van der Waals surface area (Å²) in [4.78, 5) is 30.8. The van der Waals surface area contributed by atoms with Crippen molar-refractivity contribution in [3.63, 3.8) is 0 Å². The maximum absolute atomic E-state index is 13.3. The molecule has 6 rings (SSSR count). The number of hydrogen-bond donors (Lipinski definition) is 3. The van der Waals surface area contributed by atoms with E-state index in [1.165, 1.54) is 11.1 Å². The standard InChI is InChI=1S/C26H30N8O/c1-15-24(33-12-9-26(10-13-33)14-16-4-2-3-5-17(16)22(26)28)32-23(29)21(30-15)25(35)34-11-8-18-19(34)6-7-20(27)31-18/h2-7,22H,8-14,28H2,1H3,(H2,27,31)(H2,29,32)/t22-/m1/s1. The van der Waals surface area contributed by atoms with E-state index >= 15 is 0 Å². The first-order valence-electron chi connectivity index (χ1n) is 12.2. The lowest BCUT2D eigenvalue weighted by Crippen LogP contribution is -2.45. The van der Waals surface area contributed by atoms with Gasteiger partial charge in [0.1, 0.15) is 5.82 Å². The second kappa shape index (κ2) is 7.91. The molecule has 9 nitrogen and oxygen atoms in total. The molecule has 6 N–H and O–H groups in total. The zero-order chi connectivity index (χ0) is 24.3. The molecule has 1 atom stereocenters. The lowest BCUT2D eigenvalue weighted by Gasteiger charge is -2.42. The maximum atomic E-state index is 13.3. The fourth-order valence-electron chi connectivity index (χ4n) is 6.07. The van der Waals surface area contributed by atoms with Crippen LogP contribution in [0.1, 0.15) is 51.9 Å². The summed E-state index contributed by atoms with van der Waals surface area (Å²) in [7, 11) is 0. The minimum Gasteiger partial charge on any atom is -0.384 e. The first-order valence-corrected chi connectivity index (χ1v) is 12.2. The molecule has 3 aliphatic rings. The Hall–Kier alpha value is -3.72. The van der Waals surface area contributed by atoms with Gasteiger partial charge in [-0.25, -0.2) is 15.0 Å². The summed E-state index contributed by atoms with van der Waals surface area (Å²) in [5.74, 6) is 1.08. The number of hydrogen-bond acceptors (Lipinski definition) is 8. The average Bonchev–Trinajstić information content (AvgIpc) is 3.39. The van der Waals surface area contributed by atoms with Crippen LogP contribution in [0.5, 0.6) is 0 Å². The van der Waals surface area contributed by atoms with E-state index in [2.05, 4.69) is 44.1 Å². The van der Waals surface area contributed by atoms with E-state index in [1.807, 2.05) is 13.0 Å². The second-order valence-electron chi connectivity index (χ2n) is 9.98. The molecular formula is C26H30N8O.